The number of ether oxygens (including phenoxy) is 2. The third-order valence-electron chi connectivity index (χ3n) is 2.10. The van der Waals surface area contributed by atoms with Gasteiger partial charge in [-0.25, -0.2) is 9.59 Å². The van der Waals surface area contributed by atoms with E-state index in [4.69, 9.17) is 10.6 Å². The van der Waals surface area contributed by atoms with Crippen molar-refractivity contribution in [1.82, 2.24) is 0 Å². The first kappa shape index (κ1) is 17.1. The SMILES string of the molecule is COC(=O)/C=C(/O/N=C(\N)c1ccc([N+](=O)[O-])s1)C(=O)OC. The number of thiophene rings is 1. The highest BCUT2D eigenvalue weighted by Crippen LogP contribution is 2.23. The summed E-state index contributed by atoms with van der Waals surface area (Å²) < 4.78 is 8.74. The summed E-state index contributed by atoms with van der Waals surface area (Å²) in [6, 6.07) is 2.61. The van der Waals surface area contributed by atoms with Crippen molar-refractivity contribution in [1.29, 1.82) is 0 Å². The molecule has 0 bridgehead atoms. The lowest BCUT2D eigenvalue weighted by atomic mass is 10.4. The lowest BCUT2D eigenvalue weighted by Crippen LogP contribution is -2.15. The first-order chi connectivity index (χ1) is 10.4. The van der Waals surface area contributed by atoms with Gasteiger partial charge in [-0.15, -0.1) is 0 Å². The van der Waals surface area contributed by atoms with Gasteiger partial charge in [-0.05, 0) is 6.07 Å². The number of hydrogen-bond acceptors (Lipinski definition) is 9. The van der Waals surface area contributed by atoms with E-state index in [1.165, 1.54) is 12.1 Å². The Morgan fingerprint density at radius 2 is 2.05 bits per heavy atom. The summed E-state index contributed by atoms with van der Waals surface area (Å²) in [4.78, 5) is 37.5. The van der Waals surface area contributed by atoms with Gasteiger partial charge in [0.05, 0.1) is 30.1 Å². The molecular weight excluding hydrogens is 318 g/mol. The predicted octanol–water partition coefficient (Wildman–Crippen LogP) is 0.523. The van der Waals surface area contributed by atoms with E-state index in [0.717, 1.165) is 31.6 Å². The van der Waals surface area contributed by atoms with Crippen LogP contribution in [0, 0.1) is 10.1 Å². The molecule has 0 atom stereocenters. The Labute approximate surface area is 127 Å². The molecular formula is C11H11N3O7S. The molecule has 0 saturated carbocycles. The fraction of sp³-hybridized carbons (Fsp3) is 0.182. The summed E-state index contributed by atoms with van der Waals surface area (Å²) in [6.07, 6.45) is 0.722. The molecule has 0 radical (unpaired) electrons. The van der Waals surface area contributed by atoms with Crippen molar-refractivity contribution < 1.29 is 28.8 Å². The van der Waals surface area contributed by atoms with Crippen LogP contribution < -0.4 is 5.73 Å². The molecule has 0 saturated heterocycles. The van der Waals surface area contributed by atoms with Gasteiger partial charge >= 0.3 is 16.9 Å². The van der Waals surface area contributed by atoms with E-state index < -0.39 is 22.6 Å². The van der Waals surface area contributed by atoms with Gasteiger partial charge in [0.15, 0.2) is 5.84 Å². The molecule has 1 aromatic heterocycles. The maximum Gasteiger partial charge on any atom is 0.377 e. The second-order valence-electron chi connectivity index (χ2n) is 3.49. The number of rotatable bonds is 6. The van der Waals surface area contributed by atoms with Crippen LogP contribution in [0.2, 0.25) is 0 Å². The van der Waals surface area contributed by atoms with Crippen LogP contribution in [0.3, 0.4) is 0 Å². The average Bonchev–Trinajstić information content (AvgIpc) is 3.00. The van der Waals surface area contributed by atoms with Crippen molar-refractivity contribution in [3.63, 3.8) is 0 Å². The van der Waals surface area contributed by atoms with Gasteiger partial charge < -0.3 is 20.0 Å². The van der Waals surface area contributed by atoms with Crippen LogP contribution in [0.15, 0.2) is 29.1 Å². The molecule has 11 heteroatoms. The third-order valence-corrected chi connectivity index (χ3v) is 3.16. The van der Waals surface area contributed by atoms with E-state index >= 15 is 0 Å². The first-order valence-corrected chi connectivity index (χ1v) is 6.33. The monoisotopic (exact) mass is 329 g/mol. The van der Waals surface area contributed by atoms with Crippen LogP contribution in [0.1, 0.15) is 4.88 Å². The molecule has 0 fully saturated rings. The normalized spacial score (nSPS) is 11.7. The maximum atomic E-state index is 11.4. The minimum absolute atomic E-state index is 0.133. The number of nitrogens with two attached hydrogens (primary N) is 1. The number of amidine groups is 1. The van der Waals surface area contributed by atoms with Gasteiger partial charge in [0.1, 0.15) is 0 Å². The Hall–Kier alpha value is -2.95. The van der Waals surface area contributed by atoms with E-state index in [2.05, 4.69) is 14.6 Å². The molecule has 10 nitrogen and oxygen atoms in total. The lowest BCUT2D eigenvalue weighted by molar-refractivity contribution is -0.380. The summed E-state index contributed by atoms with van der Waals surface area (Å²) >= 11 is 0.771. The average molecular weight is 329 g/mol. The van der Waals surface area contributed by atoms with Crippen LogP contribution in [-0.2, 0) is 23.9 Å². The van der Waals surface area contributed by atoms with Crippen molar-refractivity contribution in [2.45, 2.75) is 0 Å². The van der Waals surface area contributed by atoms with Crippen LogP contribution >= 0.6 is 11.3 Å². The van der Waals surface area contributed by atoms with Gasteiger partial charge in [0.2, 0.25) is 5.76 Å². The van der Waals surface area contributed by atoms with E-state index in [1.54, 1.807) is 0 Å². The van der Waals surface area contributed by atoms with Crippen LogP contribution in [0.5, 0.6) is 0 Å². The van der Waals surface area contributed by atoms with Gasteiger partial charge in [0, 0.05) is 6.07 Å². The van der Waals surface area contributed by atoms with Crippen molar-refractivity contribution >= 4 is 34.1 Å². The molecule has 22 heavy (non-hydrogen) atoms. The van der Waals surface area contributed by atoms with Gasteiger partial charge in [0.25, 0.3) is 0 Å². The second-order valence-corrected chi connectivity index (χ2v) is 4.55. The molecule has 0 aliphatic heterocycles. The summed E-state index contributed by atoms with van der Waals surface area (Å²) in [5.74, 6) is -2.60. The fourth-order valence-corrected chi connectivity index (χ4v) is 1.81. The van der Waals surface area contributed by atoms with Gasteiger partial charge in [-0.3, -0.25) is 10.1 Å². The first-order valence-electron chi connectivity index (χ1n) is 5.52. The quantitative estimate of drug-likeness (QED) is 0.151. The van der Waals surface area contributed by atoms with Crippen LogP contribution in [-0.4, -0.2) is 36.9 Å². The zero-order chi connectivity index (χ0) is 16.7. The number of esters is 2. The number of hydrogen-bond donors (Lipinski definition) is 1. The summed E-state index contributed by atoms with van der Waals surface area (Å²) in [6.45, 7) is 0. The lowest BCUT2D eigenvalue weighted by Gasteiger charge is -2.03. The Kier molecular flexibility index (Phi) is 6.01. The molecule has 0 amide bonds. The van der Waals surface area contributed by atoms with Gasteiger partial charge in [-0.1, -0.05) is 16.5 Å². The summed E-state index contributed by atoms with van der Waals surface area (Å²) in [7, 11) is 2.18. The highest BCUT2D eigenvalue weighted by Gasteiger charge is 2.16. The number of carbonyl (C=O) groups excluding carboxylic acids is 2. The standard InChI is InChI=1S/C11H11N3O7S/c1-19-9(15)5-6(11(16)20-2)21-13-10(12)7-3-4-8(22-7)14(17)18/h3-5H,1-2H3,(H2,12,13)/b6-5+. The largest absolute Gasteiger partial charge is 0.466 e. The van der Waals surface area contributed by atoms with Crippen LogP contribution in [0.25, 0.3) is 0 Å². The zero-order valence-electron chi connectivity index (χ0n) is 11.5. The molecule has 0 aliphatic rings. The maximum absolute atomic E-state index is 11.4. The minimum Gasteiger partial charge on any atom is -0.466 e. The third kappa shape index (κ3) is 4.56. The van der Waals surface area contributed by atoms with Gasteiger partial charge in [-0.2, -0.15) is 0 Å². The molecule has 0 aromatic carbocycles. The zero-order valence-corrected chi connectivity index (χ0v) is 12.3. The Bertz CT molecular complexity index is 650. The number of carbonyl (C=O) groups is 2. The van der Waals surface area contributed by atoms with E-state index in [9.17, 15) is 19.7 Å². The number of nitro groups is 1. The molecule has 0 spiro atoms. The van der Waals surface area contributed by atoms with E-state index in [0.29, 0.717) is 0 Å². The highest BCUT2D eigenvalue weighted by atomic mass is 32.1. The van der Waals surface area contributed by atoms with E-state index in [1.807, 2.05) is 0 Å². The molecule has 0 unspecified atom stereocenters. The number of methoxy groups -OCH3 is 2. The van der Waals surface area contributed by atoms with Crippen molar-refractivity contribution in [2.75, 3.05) is 14.2 Å². The molecule has 1 heterocycles. The predicted molar refractivity (Wildman–Crippen MR) is 74.9 cm³/mol. The van der Waals surface area contributed by atoms with Crippen LogP contribution in [0.4, 0.5) is 5.00 Å². The van der Waals surface area contributed by atoms with E-state index in [-0.39, 0.29) is 15.7 Å². The Morgan fingerprint density at radius 1 is 1.36 bits per heavy atom. The Morgan fingerprint density at radius 3 is 2.55 bits per heavy atom. The van der Waals surface area contributed by atoms with Crippen molar-refractivity contribution in [3.8, 4) is 0 Å². The summed E-state index contributed by atoms with van der Waals surface area (Å²) in [5.41, 5.74) is 5.58. The molecule has 0 aliphatic carbocycles. The molecule has 1 aromatic rings. The topological polar surface area (TPSA) is 143 Å². The molecule has 118 valence electrons. The molecule has 2 N–H and O–H groups in total. The van der Waals surface area contributed by atoms with Crippen molar-refractivity contribution in [2.24, 2.45) is 10.9 Å². The number of oxime groups is 1. The van der Waals surface area contributed by atoms with Crippen molar-refractivity contribution in [3.05, 3.63) is 39.0 Å². The smallest absolute Gasteiger partial charge is 0.377 e. The highest BCUT2D eigenvalue weighted by molar-refractivity contribution is 7.17. The second kappa shape index (κ2) is 7.73. The Balaban J connectivity index is 2.93. The molecule has 1 rings (SSSR count). The number of nitrogens with zero attached hydrogens (tertiary/aromatic N) is 2. The summed E-state index contributed by atoms with van der Waals surface area (Å²) in [5, 5.41) is 13.9. The fourth-order valence-electron chi connectivity index (χ4n) is 1.10. The minimum atomic E-state index is -0.973.